The molecule has 0 saturated heterocycles. The molecule has 1 heterocycles. The van der Waals surface area contributed by atoms with Gasteiger partial charge >= 0.3 is 0 Å². The van der Waals surface area contributed by atoms with Crippen molar-refractivity contribution in [3.05, 3.63) is 40.5 Å². The lowest BCUT2D eigenvalue weighted by Gasteiger charge is -2.20. The van der Waals surface area contributed by atoms with Gasteiger partial charge in [-0.1, -0.05) is 12.1 Å². The van der Waals surface area contributed by atoms with E-state index >= 15 is 0 Å². The fraction of sp³-hybridized carbons (Fsp3) is 0.154. The predicted molar refractivity (Wildman–Crippen MR) is 81.8 cm³/mol. The minimum Gasteiger partial charge on any atom is -0.480 e. The Hall–Kier alpha value is -2.15. The molecule has 1 aromatic heterocycles. The maximum Gasteiger partial charge on any atom is 0.232 e. The van der Waals surface area contributed by atoms with Gasteiger partial charge in [0.25, 0.3) is 0 Å². The van der Waals surface area contributed by atoms with Crippen LogP contribution in [0.4, 0.5) is 11.6 Å². The minimum absolute atomic E-state index is 0.00322. The SMILES string of the molecule is COc1nc(N(C)c2ccccc2C(=N)N)ncc1Br. The summed E-state index contributed by atoms with van der Waals surface area (Å²) in [5.41, 5.74) is 6.97. The van der Waals surface area contributed by atoms with Gasteiger partial charge in [-0.15, -0.1) is 0 Å². The molecule has 0 spiro atoms. The summed E-state index contributed by atoms with van der Waals surface area (Å²) in [6.07, 6.45) is 1.62. The van der Waals surface area contributed by atoms with Gasteiger partial charge in [-0.2, -0.15) is 4.98 Å². The molecule has 20 heavy (non-hydrogen) atoms. The van der Waals surface area contributed by atoms with Crippen LogP contribution in [0, 0.1) is 5.41 Å². The number of nitrogen functional groups attached to an aromatic ring is 1. The highest BCUT2D eigenvalue weighted by molar-refractivity contribution is 9.10. The van der Waals surface area contributed by atoms with E-state index in [1.165, 1.54) is 0 Å². The molecule has 2 rings (SSSR count). The molecular formula is C13H14BrN5O. The summed E-state index contributed by atoms with van der Waals surface area (Å²) >= 11 is 3.31. The molecule has 7 heteroatoms. The number of aromatic nitrogens is 2. The van der Waals surface area contributed by atoms with E-state index in [2.05, 4.69) is 25.9 Å². The van der Waals surface area contributed by atoms with Gasteiger partial charge in [0.1, 0.15) is 5.84 Å². The molecule has 0 fully saturated rings. The zero-order valence-corrected chi connectivity index (χ0v) is 12.7. The molecule has 104 valence electrons. The van der Waals surface area contributed by atoms with Crippen LogP contribution in [0.2, 0.25) is 0 Å². The van der Waals surface area contributed by atoms with Gasteiger partial charge in [0.05, 0.1) is 23.5 Å². The number of amidine groups is 1. The van der Waals surface area contributed by atoms with Crippen LogP contribution < -0.4 is 15.4 Å². The van der Waals surface area contributed by atoms with E-state index in [9.17, 15) is 0 Å². The van der Waals surface area contributed by atoms with Crippen molar-refractivity contribution in [2.24, 2.45) is 5.73 Å². The van der Waals surface area contributed by atoms with Crippen LogP contribution in [-0.2, 0) is 0 Å². The molecule has 3 N–H and O–H groups in total. The van der Waals surface area contributed by atoms with Crippen LogP contribution in [-0.4, -0.2) is 30.0 Å². The van der Waals surface area contributed by atoms with E-state index < -0.39 is 0 Å². The first-order valence-corrected chi connectivity index (χ1v) is 6.57. The second kappa shape index (κ2) is 5.87. The van der Waals surface area contributed by atoms with Gasteiger partial charge in [-0.25, -0.2) is 4.98 Å². The molecule has 0 atom stereocenters. The number of nitrogens with one attached hydrogen (secondary N) is 1. The Balaban J connectivity index is 2.46. The lowest BCUT2D eigenvalue weighted by molar-refractivity contribution is 0.394. The molecule has 0 amide bonds. The third kappa shape index (κ3) is 2.72. The maximum atomic E-state index is 7.62. The number of hydrogen-bond acceptors (Lipinski definition) is 5. The fourth-order valence-corrected chi connectivity index (χ4v) is 2.10. The summed E-state index contributed by atoms with van der Waals surface area (Å²) < 4.78 is 5.84. The lowest BCUT2D eigenvalue weighted by Crippen LogP contribution is -2.20. The van der Waals surface area contributed by atoms with Gasteiger partial charge < -0.3 is 15.4 Å². The largest absolute Gasteiger partial charge is 0.480 e. The minimum atomic E-state index is -0.00322. The number of nitrogens with zero attached hydrogens (tertiary/aromatic N) is 3. The standard InChI is InChI=1S/C13H14BrN5O/c1-19(10-6-4-3-5-8(10)11(15)16)13-17-7-9(14)12(18-13)20-2/h3-7H,1-2H3,(H3,15,16). The molecule has 0 radical (unpaired) electrons. The summed E-state index contributed by atoms with van der Waals surface area (Å²) in [6.45, 7) is 0. The van der Waals surface area contributed by atoms with Crippen LogP contribution in [0.3, 0.4) is 0 Å². The summed E-state index contributed by atoms with van der Waals surface area (Å²) in [4.78, 5) is 10.3. The van der Waals surface area contributed by atoms with Crippen LogP contribution in [0.25, 0.3) is 0 Å². The van der Waals surface area contributed by atoms with Crippen LogP contribution in [0.1, 0.15) is 5.56 Å². The van der Waals surface area contributed by atoms with Gasteiger partial charge in [-0.3, -0.25) is 5.41 Å². The molecule has 0 bridgehead atoms. The molecule has 2 aromatic rings. The smallest absolute Gasteiger partial charge is 0.232 e. The highest BCUT2D eigenvalue weighted by Crippen LogP contribution is 2.28. The summed E-state index contributed by atoms with van der Waals surface area (Å²) in [6, 6.07) is 7.34. The van der Waals surface area contributed by atoms with Crippen LogP contribution in [0.5, 0.6) is 5.88 Å². The third-order valence-electron chi connectivity index (χ3n) is 2.75. The zero-order valence-electron chi connectivity index (χ0n) is 11.1. The molecule has 0 aliphatic heterocycles. The van der Waals surface area contributed by atoms with E-state index in [0.29, 0.717) is 21.9 Å². The van der Waals surface area contributed by atoms with Crippen molar-refractivity contribution < 1.29 is 4.74 Å². The lowest BCUT2D eigenvalue weighted by atomic mass is 10.1. The second-order valence-electron chi connectivity index (χ2n) is 4.02. The maximum absolute atomic E-state index is 7.62. The Morgan fingerprint density at radius 2 is 2.10 bits per heavy atom. The normalized spacial score (nSPS) is 10.2. The van der Waals surface area contributed by atoms with Crippen LogP contribution in [0.15, 0.2) is 34.9 Å². The third-order valence-corrected chi connectivity index (χ3v) is 3.29. The molecule has 0 saturated carbocycles. The predicted octanol–water partition coefficient (Wildman–Crippen LogP) is 2.30. The number of rotatable bonds is 4. The van der Waals surface area contributed by atoms with E-state index in [1.807, 2.05) is 25.2 Å². The van der Waals surface area contributed by atoms with Gasteiger partial charge in [0.2, 0.25) is 11.8 Å². The van der Waals surface area contributed by atoms with Crippen molar-refractivity contribution in [1.82, 2.24) is 9.97 Å². The van der Waals surface area contributed by atoms with E-state index in [1.54, 1.807) is 24.3 Å². The van der Waals surface area contributed by atoms with E-state index in [4.69, 9.17) is 15.9 Å². The Morgan fingerprint density at radius 3 is 2.75 bits per heavy atom. The van der Waals surface area contributed by atoms with Crippen molar-refractivity contribution in [2.75, 3.05) is 19.1 Å². The highest BCUT2D eigenvalue weighted by atomic mass is 79.9. The average Bonchev–Trinajstić information content (AvgIpc) is 2.47. The Bertz CT molecular complexity index is 646. The van der Waals surface area contributed by atoms with Crippen molar-refractivity contribution in [1.29, 1.82) is 5.41 Å². The fourth-order valence-electron chi connectivity index (χ4n) is 1.75. The van der Waals surface area contributed by atoms with Crippen molar-refractivity contribution in [3.8, 4) is 5.88 Å². The number of halogens is 1. The highest BCUT2D eigenvalue weighted by Gasteiger charge is 2.14. The number of benzene rings is 1. The first-order chi connectivity index (χ1) is 9.54. The zero-order chi connectivity index (χ0) is 14.7. The molecular weight excluding hydrogens is 322 g/mol. The number of ether oxygens (including phenoxy) is 1. The second-order valence-corrected chi connectivity index (χ2v) is 4.87. The molecule has 6 nitrogen and oxygen atoms in total. The Morgan fingerprint density at radius 1 is 1.40 bits per heavy atom. The number of anilines is 2. The summed E-state index contributed by atoms with van der Waals surface area (Å²) in [7, 11) is 3.35. The van der Waals surface area contributed by atoms with E-state index in [0.717, 1.165) is 5.69 Å². The van der Waals surface area contributed by atoms with E-state index in [-0.39, 0.29) is 5.84 Å². The molecule has 0 aliphatic rings. The Kier molecular flexibility index (Phi) is 4.19. The monoisotopic (exact) mass is 335 g/mol. The molecule has 0 aliphatic carbocycles. The average molecular weight is 336 g/mol. The van der Waals surface area contributed by atoms with Gasteiger partial charge in [-0.05, 0) is 28.1 Å². The number of hydrogen-bond donors (Lipinski definition) is 2. The van der Waals surface area contributed by atoms with Gasteiger partial charge in [0.15, 0.2) is 0 Å². The Labute approximate surface area is 125 Å². The number of nitrogens with two attached hydrogens (primary N) is 1. The van der Waals surface area contributed by atoms with Gasteiger partial charge in [0, 0.05) is 12.6 Å². The van der Waals surface area contributed by atoms with Crippen molar-refractivity contribution in [3.63, 3.8) is 0 Å². The van der Waals surface area contributed by atoms with Crippen LogP contribution >= 0.6 is 15.9 Å². The molecule has 0 unspecified atom stereocenters. The molecule has 1 aromatic carbocycles. The first-order valence-electron chi connectivity index (χ1n) is 5.78. The quantitative estimate of drug-likeness (QED) is 0.661. The number of para-hydroxylation sites is 1. The summed E-state index contributed by atoms with van der Waals surface area (Å²) in [5, 5.41) is 7.62. The van der Waals surface area contributed by atoms with Crippen molar-refractivity contribution in [2.45, 2.75) is 0 Å². The first kappa shape index (κ1) is 14.3. The summed E-state index contributed by atoms with van der Waals surface area (Å²) in [5.74, 6) is 0.900. The van der Waals surface area contributed by atoms with Crippen molar-refractivity contribution >= 4 is 33.4 Å². The number of methoxy groups -OCH3 is 1. The topological polar surface area (TPSA) is 88.1 Å².